The van der Waals surface area contributed by atoms with E-state index in [-0.39, 0.29) is 0 Å². The molecule has 0 saturated carbocycles. The van der Waals surface area contributed by atoms with Crippen LogP contribution in [0.4, 0.5) is 0 Å². The fourth-order valence-corrected chi connectivity index (χ4v) is 4.08. The van der Waals surface area contributed by atoms with Crippen molar-refractivity contribution in [3.63, 3.8) is 0 Å². The van der Waals surface area contributed by atoms with Crippen molar-refractivity contribution in [1.29, 1.82) is 0 Å². The SMILES string of the molecule is C=S1(=O)CCC(CC(C)(C)C)C1. The van der Waals surface area contributed by atoms with Crippen molar-refractivity contribution in [3.8, 4) is 0 Å². The van der Waals surface area contributed by atoms with Crippen LogP contribution in [0.25, 0.3) is 0 Å². The quantitative estimate of drug-likeness (QED) is 0.576. The Morgan fingerprint density at radius 3 is 2.42 bits per heavy atom. The van der Waals surface area contributed by atoms with E-state index in [1.54, 1.807) is 0 Å². The third-order valence-electron chi connectivity index (χ3n) is 2.34. The first-order valence-electron chi connectivity index (χ1n) is 4.61. The summed E-state index contributed by atoms with van der Waals surface area (Å²) in [4.78, 5) is 0. The van der Waals surface area contributed by atoms with E-state index in [1.165, 1.54) is 6.42 Å². The number of hydrogen-bond donors (Lipinski definition) is 0. The molecule has 0 aromatic heterocycles. The second kappa shape index (κ2) is 3.06. The van der Waals surface area contributed by atoms with Crippen LogP contribution in [0.5, 0.6) is 0 Å². The normalized spacial score (nSPS) is 37.1. The highest BCUT2D eigenvalue weighted by atomic mass is 32.2. The van der Waals surface area contributed by atoms with E-state index >= 15 is 0 Å². The fourth-order valence-electron chi connectivity index (χ4n) is 2.00. The van der Waals surface area contributed by atoms with Gasteiger partial charge in [-0.1, -0.05) is 20.8 Å². The predicted octanol–water partition coefficient (Wildman–Crippen LogP) is 2.16. The topological polar surface area (TPSA) is 17.1 Å². The molecule has 0 aromatic rings. The zero-order valence-corrected chi connectivity index (χ0v) is 9.25. The summed E-state index contributed by atoms with van der Waals surface area (Å²) in [6, 6.07) is 0. The van der Waals surface area contributed by atoms with Crippen LogP contribution in [-0.4, -0.2) is 21.6 Å². The average Bonchev–Trinajstić information content (AvgIpc) is 2.05. The van der Waals surface area contributed by atoms with Crippen LogP contribution in [0.2, 0.25) is 0 Å². The van der Waals surface area contributed by atoms with E-state index in [0.29, 0.717) is 11.3 Å². The van der Waals surface area contributed by atoms with Crippen molar-refractivity contribution in [3.05, 3.63) is 0 Å². The highest BCUT2D eigenvalue weighted by Crippen LogP contribution is 2.31. The van der Waals surface area contributed by atoms with Gasteiger partial charge in [0.25, 0.3) is 0 Å². The minimum atomic E-state index is -1.67. The van der Waals surface area contributed by atoms with Gasteiger partial charge >= 0.3 is 0 Å². The number of hydrogen-bond acceptors (Lipinski definition) is 1. The average molecular weight is 188 g/mol. The van der Waals surface area contributed by atoms with Gasteiger partial charge in [-0.2, -0.15) is 0 Å². The second-order valence-corrected chi connectivity index (χ2v) is 7.93. The molecule has 1 aliphatic heterocycles. The molecule has 1 aliphatic rings. The van der Waals surface area contributed by atoms with Crippen molar-refractivity contribution in [2.45, 2.75) is 33.6 Å². The third kappa shape index (κ3) is 3.18. The summed E-state index contributed by atoms with van der Waals surface area (Å²) in [5.41, 5.74) is 0.379. The van der Waals surface area contributed by atoms with Crippen molar-refractivity contribution in [1.82, 2.24) is 0 Å². The lowest BCUT2D eigenvalue weighted by molar-refractivity contribution is 0.311. The Bertz CT molecular complexity index is 244. The van der Waals surface area contributed by atoms with E-state index in [4.69, 9.17) is 0 Å². The van der Waals surface area contributed by atoms with Crippen molar-refractivity contribution >= 4 is 15.4 Å². The Labute approximate surface area is 76.6 Å². The predicted molar refractivity (Wildman–Crippen MR) is 57.2 cm³/mol. The molecule has 2 atom stereocenters. The van der Waals surface area contributed by atoms with Gasteiger partial charge in [0.15, 0.2) is 0 Å². The molecule has 0 aliphatic carbocycles. The molecule has 0 radical (unpaired) electrons. The van der Waals surface area contributed by atoms with Gasteiger partial charge < -0.3 is 0 Å². The van der Waals surface area contributed by atoms with Gasteiger partial charge in [0.05, 0.1) is 0 Å². The summed E-state index contributed by atoms with van der Waals surface area (Å²) in [6.45, 7) is 6.74. The van der Waals surface area contributed by atoms with Crippen molar-refractivity contribution in [2.75, 3.05) is 11.5 Å². The lowest BCUT2D eigenvalue weighted by Crippen LogP contribution is -2.14. The van der Waals surface area contributed by atoms with E-state index < -0.39 is 9.52 Å². The van der Waals surface area contributed by atoms with Crippen molar-refractivity contribution < 1.29 is 4.21 Å². The molecule has 0 N–H and O–H groups in total. The maximum Gasteiger partial charge on any atom is 0.0187 e. The third-order valence-corrected chi connectivity index (χ3v) is 4.40. The molecule has 12 heavy (non-hydrogen) atoms. The van der Waals surface area contributed by atoms with Crippen LogP contribution in [0.3, 0.4) is 0 Å². The van der Waals surface area contributed by atoms with Crippen LogP contribution in [-0.2, 0) is 9.52 Å². The molecule has 2 heteroatoms. The molecule has 0 bridgehead atoms. The highest BCUT2D eigenvalue weighted by Gasteiger charge is 2.27. The summed E-state index contributed by atoms with van der Waals surface area (Å²) in [5.74, 6) is 6.16. The fraction of sp³-hybridized carbons (Fsp3) is 0.900. The van der Waals surface area contributed by atoms with Gasteiger partial charge in [-0.15, -0.1) is 0 Å². The largest absolute Gasteiger partial charge is 0.268 e. The molecule has 1 heterocycles. The summed E-state index contributed by atoms with van der Waals surface area (Å²) in [5, 5.41) is 0. The second-order valence-electron chi connectivity index (χ2n) is 5.26. The molecule has 0 spiro atoms. The molecule has 1 saturated heterocycles. The van der Waals surface area contributed by atoms with E-state index in [0.717, 1.165) is 17.9 Å². The summed E-state index contributed by atoms with van der Waals surface area (Å²) in [7, 11) is -1.67. The minimum absolute atomic E-state index is 0.379. The van der Waals surface area contributed by atoms with Crippen molar-refractivity contribution in [2.24, 2.45) is 11.3 Å². The van der Waals surface area contributed by atoms with Crippen LogP contribution in [0.1, 0.15) is 33.6 Å². The number of rotatable bonds is 1. The Morgan fingerprint density at radius 2 is 2.08 bits per heavy atom. The van der Waals surface area contributed by atoms with E-state index in [1.807, 2.05) is 0 Å². The van der Waals surface area contributed by atoms with Gasteiger partial charge in [-0.05, 0) is 39.6 Å². The molecular weight excluding hydrogens is 168 g/mol. The van der Waals surface area contributed by atoms with Gasteiger partial charge in [0.2, 0.25) is 0 Å². The molecule has 1 fully saturated rings. The monoisotopic (exact) mass is 188 g/mol. The molecule has 0 amide bonds. The lowest BCUT2D eigenvalue weighted by Gasteiger charge is -2.21. The minimum Gasteiger partial charge on any atom is -0.268 e. The Hall–Kier alpha value is 0.0200. The zero-order valence-electron chi connectivity index (χ0n) is 8.43. The van der Waals surface area contributed by atoms with Crippen LogP contribution in [0, 0.1) is 11.3 Å². The first-order valence-corrected chi connectivity index (χ1v) is 6.68. The Kier molecular flexibility index (Phi) is 2.57. The van der Waals surface area contributed by atoms with Crippen LogP contribution < -0.4 is 0 Å². The first kappa shape index (κ1) is 10.1. The molecule has 72 valence electrons. The maximum absolute atomic E-state index is 11.6. The maximum atomic E-state index is 11.6. The van der Waals surface area contributed by atoms with Gasteiger partial charge in [-0.25, -0.2) is 0 Å². The summed E-state index contributed by atoms with van der Waals surface area (Å²) >= 11 is 0. The highest BCUT2D eigenvalue weighted by molar-refractivity contribution is 8.00. The Balaban J connectivity index is 2.49. The summed E-state index contributed by atoms with van der Waals surface area (Å²) in [6.07, 6.45) is 2.32. The molecule has 1 rings (SSSR count). The van der Waals surface area contributed by atoms with Gasteiger partial charge in [0, 0.05) is 11.5 Å². The smallest absolute Gasteiger partial charge is 0.0187 e. The summed E-state index contributed by atoms with van der Waals surface area (Å²) < 4.78 is 11.6. The van der Waals surface area contributed by atoms with E-state index in [9.17, 15) is 4.21 Å². The first-order chi connectivity index (χ1) is 5.29. The van der Waals surface area contributed by atoms with Crippen LogP contribution >= 0.6 is 0 Å². The lowest BCUT2D eigenvalue weighted by atomic mass is 9.84. The van der Waals surface area contributed by atoms with E-state index in [2.05, 4.69) is 26.6 Å². The van der Waals surface area contributed by atoms with Gasteiger partial charge in [0.1, 0.15) is 0 Å². The molecule has 2 unspecified atom stereocenters. The molecule has 0 aromatic carbocycles. The Morgan fingerprint density at radius 1 is 1.50 bits per heavy atom. The van der Waals surface area contributed by atoms with Crippen LogP contribution in [0.15, 0.2) is 0 Å². The molecular formula is C10H20OS. The molecule has 1 nitrogen and oxygen atoms in total. The van der Waals surface area contributed by atoms with Gasteiger partial charge in [-0.3, -0.25) is 4.21 Å². The standard InChI is InChI=1S/C10H20OS/c1-10(2,3)7-9-5-6-12(4,11)8-9/h9H,4-8H2,1-3H3. The zero-order chi connectivity index (χ0) is 9.41.